The molecule has 0 saturated heterocycles. The third-order valence-corrected chi connectivity index (χ3v) is 7.09. The number of carbonyl (C=O) groups is 1. The molecule has 5 nitrogen and oxygen atoms in total. The first-order chi connectivity index (χ1) is 13.3. The van der Waals surface area contributed by atoms with Crippen molar-refractivity contribution < 1.29 is 17.6 Å². The Morgan fingerprint density at radius 2 is 1.71 bits per heavy atom. The van der Waals surface area contributed by atoms with E-state index in [1.54, 1.807) is 23.6 Å². The van der Waals surface area contributed by atoms with Gasteiger partial charge in [-0.3, -0.25) is 9.10 Å². The number of rotatable bonds is 6. The zero-order valence-electron chi connectivity index (χ0n) is 15.3. The monoisotopic (exact) mass is 418 g/mol. The first-order valence-electron chi connectivity index (χ1n) is 8.46. The van der Waals surface area contributed by atoms with Gasteiger partial charge in [0.15, 0.2) is 0 Å². The predicted molar refractivity (Wildman–Crippen MR) is 110 cm³/mol. The predicted octanol–water partition coefficient (Wildman–Crippen LogP) is 4.34. The maximum atomic E-state index is 13.3. The first kappa shape index (κ1) is 20.0. The maximum absolute atomic E-state index is 13.3. The van der Waals surface area contributed by atoms with E-state index in [1.807, 2.05) is 19.9 Å². The fraction of sp³-hybridized carbons (Fsp3) is 0.150. The van der Waals surface area contributed by atoms with Crippen LogP contribution >= 0.6 is 11.3 Å². The smallest absolute Gasteiger partial charge is 0.274 e. The third-order valence-electron chi connectivity index (χ3n) is 3.95. The summed E-state index contributed by atoms with van der Waals surface area (Å²) in [7, 11) is -3.96. The number of carbonyl (C=O) groups excluding carboxylic acids is 1. The van der Waals surface area contributed by atoms with Crippen molar-refractivity contribution in [3.8, 4) is 0 Å². The summed E-state index contributed by atoms with van der Waals surface area (Å²) in [5, 5.41) is 4.38. The second kappa shape index (κ2) is 8.12. The highest BCUT2D eigenvalue weighted by molar-refractivity contribution is 7.94. The van der Waals surface area contributed by atoms with Crippen molar-refractivity contribution in [3.05, 3.63) is 76.9 Å². The summed E-state index contributed by atoms with van der Waals surface area (Å²) in [6, 6.07) is 13.7. The number of aryl methyl sites for hydroxylation is 2. The molecule has 0 unspecified atom stereocenters. The molecule has 0 fully saturated rings. The number of halogens is 1. The number of thiophene rings is 1. The lowest BCUT2D eigenvalue weighted by Crippen LogP contribution is -2.37. The summed E-state index contributed by atoms with van der Waals surface area (Å²) in [6.45, 7) is 3.39. The number of sulfonamides is 1. The van der Waals surface area contributed by atoms with Crippen LogP contribution in [0, 0.1) is 19.7 Å². The summed E-state index contributed by atoms with van der Waals surface area (Å²) in [6.07, 6.45) is 0. The fourth-order valence-corrected chi connectivity index (χ4v) is 5.34. The summed E-state index contributed by atoms with van der Waals surface area (Å²) in [5.74, 6) is -0.980. The number of amides is 1. The van der Waals surface area contributed by atoms with Gasteiger partial charge < -0.3 is 5.32 Å². The Morgan fingerprint density at radius 3 is 2.29 bits per heavy atom. The number of nitrogens with one attached hydrogen (secondary N) is 1. The highest BCUT2D eigenvalue weighted by atomic mass is 32.2. The highest BCUT2D eigenvalue weighted by Crippen LogP contribution is 2.27. The highest BCUT2D eigenvalue weighted by Gasteiger charge is 2.28. The summed E-state index contributed by atoms with van der Waals surface area (Å²) >= 11 is 1.06. The van der Waals surface area contributed by atoms with Crippen molar-refractivity contribution in [2.45, 2.75) is 18.1 Å². The van der Waals surface area contributed by atoms with Crippen LogP contribution in [0.3, 0.4) is 0 Å². The molecular formula is C20H19FN2O3S2. The van der Waals surface area contributed by atoms with Crippen LogP contribution in [0.15, 0.2) is 64.2 Å². The number of hydrogen-bond donors (Lipinski definition) is 1. The lowest BCUT2D eigenvalue weighted by molar-refractivity contribution is -0.114. The molecule has 0 atom stereocenters. The molecule has 2 aromatic carbocycles. The van der Waals surface area contributed by atoms with Crippen LogP contribution in [0.25, 0.3) is 0 Å². The van der Waals surface area contributed by atoms with Gasteiger partial charge in [0.25, 0.3) is 10.0 Å². The van der Waals surface area contributed by atoms with E-state index in [-0.39, 0.29) is 9.90 Å². The van der Waals surface area contributed by atoms with Gasteiger partial charge in [-0.2, -0.15) is 0 Å². The van der Waals surface area contributed by atoms with E-state index in [0.717, 1.165) is 38.9 Å². The molecule has 1 heterocycles. The van der Waals surface area contributed by atoms with Gasteiger partial charge in [-0.1, -0.05) is 12.1 Å². The van der Waals surface area contributed by atoms with Gasteiger partial charge >= 0.3 is 0 Å². The van der Waals surface area contributed by atoms with Crippen molar-refractivity contribution in [1.82, 2.24) is 0 Å². The van der Waals surface area contributed by atoms with E-state index >= 15 is 0 Å². The Morgan fingerprint density at radius 1 is 1.07 bits per heavy atom. The number of hydrogen-bond acceptors (Lipinski definition) is 4. The van der Waals surface area contributed by atoms with Gasteiger partial charge in [-0.05, 0) is 72.8 Å². The average Bonchev–Trinajstić information content (AvgIpc) is 3.15. The number of anilines is 2. The standard InChI is InChI=1S/C20H19FN2O3S2/c1-14-10-15(2)12-17(11-14)22-19(24)13-23(18-7-5-16(21)6-8-18)28(25,26)20-4-3-9-27-20/h3-12H,13H2,1-2H3,(H,22,24). The minimum Gasteiger partial charge on any atom is -0.324 e. The minimum absolute atomic E-state index is 0.107. The van der Waals surface area contributed by atoms with Crippen molar-refractivity contribution in [1.29, 1.82) is 0 Å². The second-order valence-electron chi connectivity index (χ2n) is 6.34. The number of nitrogens with zero attached hydrogens (tertiary/aromatic N) is 1. The zero-order valence-corrected chi connectivity index (χ0v) is 17.0. The van der Waals surface area contributed by atoms with Crippen LogP contribution in [0.4, 0.5) is 15.8 Å². The Kier molecular flexibility index (Phi) is 5.81. The first-order valence-corrected chi connectivity index (χ1v) is 10.8. The Labute approximate surface area is 167 Å². The summed E-state index contributed by atoms with van der Waals surface area (Å²) < 4.78 is 40.5. The van der Waals surface area contributed by atoms with E-state index in [0.29, 0.717) is 5.69 Å². The minimum atomic E-state index is -3.96. The molecule has 146 valence electrons. The lowest BCUT2D eigenvalue weighted by atomic mass is 10.1. The van der Waals surface area contributed by atoms with Gasteiger partial charge in [0.2, 0.25) is 5.91 Å². The molecule has 0 bridgehead atoms. The quantitative estimate of drug-likeness (QED) is 0.648. The van der Waals surface area contributed by atoms with Crippen LogP contribution in [0.2, 0.25) is 0 Å². The average molecular weight is 419 g/mol. The van der Waals surface area contributed by atoms with Crippen LogP contribution in [0.5, 0.6) is 0 Å². The lowest BCUT2D eigenvalue weighted by Gasteiger charge is -2.23. The van der Waals surface area contributed by atoms with Gasteiger partial charge in [0.1, 0.15) is 16.6 Å². The fourth-order valence-electron chi connectivity index (χ4n) is 2.82. The molecule has 8 heteroatoms. The Bertz CT molecular complexity index is 1060. The van der Waals surface area contributed by atoms with Crippen molar-refractivity contribution in [2.24, 2.45) is 0 Å². The maximum Gasteiger partial charge on any atom is 0.274 e. The molecule has 3 aromatic rings. The molecule has 0 aliphatic rings. The van der Waals surface area contributed by atoms with Crippen molar-refractivity contribution in [3.63, 3.8) is 0 Å². The van der Waals surface area contributed by atoms with Gasteiger partial charge in [0.05, 0.1) is 5.69 Å². The summed E-state index contributed by atoms with van der Waals surface area (Å²) in [5.41, 5.74) is 2.77. The second-order valence-corrected chi connectivity index (χ2v) is 9.38. The third kappa shape index (κ3) is 4.58. The van der Waals surface area contributed by atoms with Crippen molar-refractivity contribution >= 4 is 38.6 Å². The molecule has 0 aliphatic heterocycles. The molecule has 0 aliphatic carbocycles. The van der Waals surface area contributed by atoms with Crippen LogP contribution in [-0.4, -0.2) is 20.9 Å². The normalized spacial score (nSPS) is 11.2. The van der Waals surface area contributed by atoms with E-state index < -0.39 is 28.3 Å². The van der Waals surface area contributed by atoms with Gasteiger partial charge in [-0.25, -0.2) is 12.8 Å². The molecule has 1 N–H and O–H groups in total. The van der Waals surface area contributed by atoms with Gasteiger partial charge in [0, 0.05) is 5.69 Å². The van der Waals surface area contributed by atoms with Gasteiger partial charge in [-0.15, -0.1) is 11.3 Å². The summed E-state index contributed by atoms with van der Waals surface area (Å²) in [4.78, 5) is 12.6. The largest absolute Gasteiger partial charge is 0.324 e. The molecular weight excluding hydrogens is 399 g/mol. The van der Waals surface area contributed by atoms with E-state index in [2.05, 4.69) is 5.32 Å². The van der Waals surface area contributed by atoms with E-state index in [4.69, 9.17) is 0 Å². The molecule has 1 amide bonds. The molecule has 3 rings (SSSR count). The molecule has 0 saturated carbocycles. The molecule has 1 aromatic heterocycles. The Balaban J connectivity index is 1.91. The number of benzene rings is 2. The van der Waals surface area contributed by atoms with E-state index in [9.17, 15) is 17.6 Å². The molecule has 0 radical (unpaired) electrons. The molecule has 28 heavy (non-hydrogen) atoms. The van der Waals surface area contributed by atoms with E-state index in [1.165, 1.54) is 18.2 Å². The Hall–Kier alpha value is -2.71. The zero-order chi connectivity index (χ0) is 20.3. The van der Waals surface area contributed by atoms with Crippen LogP contribution in [-0.2, 0) is 14.8 Å². The topological polar surface area (TPSA) is 66.5 Å². The van der Waals surface area contributed by atoms with Crippen LogP contribution < -0.4 is 9.62 Å². The van der Waals surface area contributed by atoms with Crippen molar-refractivity contribution in [2.75, 3.05) is 16.2 Å². The molecule has 0 spiro atoms. The SMILES string of the molecule is Cc1cc(C)cc(NC(=O)CN(c2ccc(F)cc2)S(=O)(=O)c2cccs2)c1. The van der Waals surface area contributed by atoms with Crippen LogP contribution in [0.1, 0.15) is 11.1 Å².